The maximum atomic E-state index is 7.73. The molecule has 4 atom stereocenters. The summed E-state index contributed by atoms with van der Waals surface area (Å²) < 4.78 is 31.2. The highest BCUT2D eigenvalue weighted by Gasteiger charge is 2.55. The second-order valence-electron chi connectivity index (χ2n) is 22.3. The third kappa shape index (κ3) is 12.7. The summed E-state index contributed by atoms with van der Waals surface area (Å²) in [6, 6.07) is 17.5. The summed E-state index contributed by atoms with van der Waals surface area (Å²) in [4.78, 5) is 2.64. The van der Waals surface area contributed by atoms with Crippen LogP contribution in [-0.2, 0) is 30.8 Å². The van der Waals surface area contributed by atoms with E-state index < -0.39 is 33.3 Å². The fourth-order valence-electron chi connectivity index (χ4n) is 5.75. The van der Waals surface area contributed by atoms with Crippen LogP contribution in [0.4, 0.5) is 5.69 Å². The monoisotopic (exact) mass is 892 g/mol. The summed E-state index contributed by atoms with van der Waals surface area (Å²) in [5, 5.41) is 3.78. The van der Waals surface area contributed by atoms with E-state index in [9.17, 15) is 0 Å². The number of hydrogen-bond donors (Lipinski definition) is 1. The summed E-state index contributed by atoms with van der Waals surface area (Å²) in [6.45, 7) is 50.1. The van der Waals surface area contributed by atoms with Gasteiger partial charge in [0, 0.05) is 29.8 Å². The molecule has 1 aliphatic rings. The van der Waals surface area contributed by atoms with E-state index in [-0.39, 0.29) is 44.5 Å². The van der Waals surface area contributed by atoms with Gasteiger partial charge in [-0.1, -0.05) is 123 Å². The highest BCUT2D eigenvalue weighted by atomic mass is 79.9. The van der Waals surface area contributed by atoms with Gasteiger partial charge in [-0.25, -0.2) is 0 Å². The van der Waals surface area contributed by atoms with Crippen molar-refractivity contribution in [1.82, 2.24) is 4.90 Å². The van der Waals surface area contributed by atoms with Gasteiger partial charge >= 0.3 is 0 Å². The molecule has 11 heteroatoms. The predicted octanol–water partition coefficient (Wildman–Crippen LogP) is 13.4. The summed E-state index contributed by atoms with van der Waals surface area (Å²) in [7, 11) is -8.87. The molecule has 3 unspecified atom stereocenters. The number of rotatable bonds is 14. The van der Waals surface area contributed by atoms with E-state index in [2.05, 4.69) is 210 Å². The lowest BCUT2D eigenvalue weighted by molar-refractivity contribution is -0.130. The van der Waals surface area contributed by atoms with E-state index in [4.69, 9.17) is 17.7 Å². The molecule has 0 spiro atoms. The lowest BCUT2D eigenvalue weighted by atomic mass is 9.93. The molecule has 2 aromatic rings. The summed E-state index contributed by atoms with van der Waals surface area (Å²) in [6.07, 6.45) is -0.554. The molecule has 0 aromatic heterocycles. The number of benzene rings is 2. The fraction of sp³-hybridized carbons (Fsp3) is 0.727. The number of halogens is 1. The standard InChI is InChI=1S/C44H81BrN2O4Si4/c1-41(2,3)52(13,14)48-32-37-39(50-54(17,18)43(7,8)9)40(51-55(19,20)44(10,11)12)38(49-53(15,16)42(4,5)6)31-47(37)30-34-23-21-33(22-24-34)29-46-36-27-25-35(45)26-28-36/h21-28,37-40,46H,29-32H2,1-20H3/t37-,38?,39?,40?/m1/s1. The zero-order chi connectivity index (χ0) is 42.2. The molecule has 55 heavy (non-hydrogen) atoms. The van der Waals surface area contributed by atoms with Crippen LogP contribution in [0.3, 0.4) is 0 Å². The van der Waals surface area contributed by atoms with Crippen LogP contribution in [0.1, 0.15) is 94.2 Å². The summed E-state index contributed by atoms with van der Waals surface area (Å²) in [5.41, 5.74) is 3.65. The van der Waals surface area contributed by atoms with Crippen molar-refractivity contribution in [3.63, 3.8) is 0 Å². The predicted molar refractivity (Wildman–Crippen MR) is 251 cm³/mol. The van der Waals surface area contributed by atoms with Gasteiger partial charge in [0.05, 0.1) is 31.0 Å². The SMILES string of the molecule is CC(C)(C)[Si](C)(C)OC[C@@H]1C(O[Si](C)(C)C(C)(C)C)C(O[Si](C)(C)C(C)(C)C)C(O[Si](C)(C)C(C)(C)C)CN1Cc1ccc(CNc2ccc(Br)cc2)cc1. The molecule has 0 saturated carbocycles. The molecule has 0 amide bonds. The third-order valence-corrected chi connectivity index (χ3v) is 32.3. The van der Waals surface area contributed by atoms with Crippen molar-refractivity contribution in [2.24, 2.45) is 0 Å². The average Bonchev–Trinajstić information content (AvgIpc) is 3.00. The van der Waals surface area contributed by atoms with Crippen molar-refractivity contribution >= 4 is 54.9 Å². The van der Waals surface area contributed by atoms with Crippen molar-refractivity contribution in [3.8, 4) is 0 Å². The van der Waals surface area contributed by atoms with E-state index in [1.165, 1.54) is 11.1 Å². The lowest BCUT2D eigenvalue weighted by Crippen LogP contribution is -2.70. The Morgan fingerprint density at radius 1 is 0.582 bits per heavy atom. The Hall–Kier alpha value is -0.612. The Morgan fingerprint density at radius 3 is 1.45 bits per heavy atom. The molecule has 0 radical (unpaired) electrons. The van der Waals surface area contributed by atoms with Crippen LogP contribution in [-0.4, -0.2) is 75.7 Å². The molecule has 0 aliphatic carbocycles. The van der Waals surface area contributed by atoms with Crippen molar-refractivity contribution in [3.05, 3.63) is 64.1 Å². The van der Waals surface area contributed by atoms with Gasteiger partial charge in [-0.05, 0) is 108 Å². The summed E-state index contributed by atoms with van der Waals surface area (Å²) >= 11 is 3.54. The first kappa shape index (κ1) is 48.8. The van der Waals surface area contributed by atoms with E-state index >= 15 is 0 Å². The van der Waals surface area contributed by atoms with E-state index in [1.807, 2.05) is 0 Å². The third-order valence-electron chi connectivity index (χ3n) is 13.8. The van der Waals surface area contributed by atoms with Gasteiger partial charge in [-0.15, -0.1) is 0 Å². The Morgan fingerprint density at radius 2 is 1.00 bits per heavy atom. The molecule has 3 rings (SSSR count). The molecular weight excluding hydrogens is 813 g/mol. The van der Waals surface area contributed by atoms with E-state index in [0.717, 1.165) is 29.8 Å². The fourth-order valence-corrected chi connectivity index (χ4v) is 11.0. The summed E-state index contributed by atoms with van der Waals surface area (Å²) in [5.74, 6) is 0. The molecule has 6 nitrogen and oxygen atoms in total. The van der Waals surface area contributed by atoms with Crippen LogP contribution >= 0.6 is 15.9 Å². The number of likely N-dealkylation sites (tertiary alicyclic amines) is 1. The number of hydrogen-bond acceptors (Lipinski definition) is 6. The van der Waals surface area contributed by atoms with Gasteiger partial charge in [0.25, 0.3) is 0 Å². The first-order valence-electron chi connectivity index (χ1n) is 20.7. The topological polar surface area (TPSA) is 52.2 Å². The highest BCUT2D eigenvalue weighted by molar-refractivity contribution is 9.10. The van der Waals surface area contributed by atoms with Crippen LogP contribution in [0.15, 0.2) is 53.0 Å². The van der Waals surface area contributed by atoms with Crippen LogP contribution in [0.5, 0.6) is 0 Å². The number of nitrogens with zero attached hydrogens (tertiary/aromatic N) is 1. The minimum Gasteiger partial charge on any atom is -0.415 e. The largest absolute Gasteiger partial charge is 0.415 e. The van der Waals surface area contributed by atoms with Crippen LogP contribution < -0.4 is 5.32 Å². The van der Waals surface area contributed by atoms with Crippen LogP contribution in [0.25, 0.3) is 0 Å². The molecule has 1 aliphatic heterocycles. The smallest absolute Gasteiger partial charge is 0.192 e. The number of anilines is 1. The first-order chi connectivity index (χ1) is 24.7. The van der Waals surface area contributed by atoms with Gasteiger partial charge in [-0.3, -0.25) is 4.90 Å². The Labute approximate surface area is 351 Å². The second kappa shape index (κ2) is 17.5. The molecular formula is C44H81BrN2O4Si4. The molecule has 1 saturated heterocycles. The Kier molecular flexibility index (Phi) is 15.6. The molecule has 1 N–H and O–H groups in total. The zero-order valence-electron chi connectivity index (χ0n) is 38.7. The highest BCUT2D eigenvalue weighted by Crippen LogP contribution is 2.46. The average molecular weight is 894 g/mol. The molecule has 2 aromatic carbocycles. The molecule has 314 valence electrons. The van der Waals surface area contributed by atoms with Crippen LogP contribution in [0.2, 0.25) is 72.5 Å². The second-order valence-corrected chi connectivity index (χ2v) is 42.3. The molecule has 0 bridgehead atoms. The lowest BCUT2D eigenvalue weighted by Gasteiger charge is -2.56. The number of nitrogens with one attached hydrogen (secondary N) is 1. The van der Waals surface area contributed by atoms with E-state index in [1.54, 1.807) is 0 Å². The number of piperidine rings is 1. The minimum atomic E-state index is -2.29. The van der Waals surface area contributed by atoms with Gasteiger partial charge < -0.3 is 23.0 Å². The van der Waals surface area contributed by atoms with Crippen LogP contribution in [0, 0.1) is 0 Å². The van der Waals surface area contributed by atoms with E-state index in [0.29, 0.717) is 6.61 Å². The maximum absolute atomic E-state index is 7.73. The molecule has 1 heterocycles. The van der Waals surface area contributed by atoms with Crippen molar-refractivity contribution in [2.45, 2.75) is 193 Å². The van der Waals surface area contributed by atoms with Crippen molar-refractivity contribution in [1.29, 1.82) is 0 Å². The Balaban J connectivity index is 2.17. The van der Waals surface area contributed by atoms with Gasteiger partial charge in [-0.2, -0.15) is 0 Å². The zero-order valence-corrected chi connectivity index (χ0v) is 44.3. The van der Waals surface area contributed by atoms with Gasteiger partial charge in [0.1, 0.15) is 0 Å². The van der Waals surface area contributed by atoms with Crippen molar-refractivity contribution < 1.29 is 17.7 Å². The normalized spacial score (nSPS) is 21.5. The Bertz CT molecular complexity index is 1520. The van der Waals surface area contributed by atoms with Gasteiger partial charge in [0.15, 0.2) is 33.3 Å². The molecule has 1 fully saturated rings. The minimum absolute atomic E-state index is 0.00367. The quantitative estimate of drug-likeness (QED) is 0.191. The van der Waals surface area contributed by atoms with Gasteiger partial charge in [0.2, 0.25) is 0 Å². The first-order valence-corrected chi connectivity index (χ1v) is 33.1. The maximum Gasteiger partial charge on any atom is 0.192 e. The van der Waals surface area contributed by atoms with Crippen molar-refractivity contribution in [2.75, 3.05) is 18.5 Å².